The van der Waals surface area contributed by atoms with Crippen molar-refractivity contribution in [2.45, 2.75) is 45.3 Å². The van der Waals surface area contributed by atoms with E-state index in [-0.39, 0.29) is 17.6 Å². The van der Waals surface area contributed by atoms with Gasteiger partial charge in [0.25, 0.3) is 0 Å². The van der Waals surface area contributed by atoms with Crippen molar-refractivity contribution in [1.29, 1.82) is 0 Å². The fourth-order valence-electron chi connectivity index (χ4n) is 2.26. The highest BCUT2D eigenvalue weighted by Gasteiger charge is 2.38. The van der Waals surface area contributed by atoms with Gasteiger partial charge in [-0.2, -0.15) is 5.10 Å². The summed E-state index contributed by atoms with van der Waals surface area (Å²) in [5.74, 6) is 0. The number of rotatable bonds is 1. The predicted molar refractivity (Wildman–Crippen MR) is 52.7 cm³/mol. The molecule has 0 saturated heterocycles. The van der Waals surface area contributed by atoms with Crippen molar-refractivity contribution in [2.24, 2.45) is 5.41 Å². The van der Waals surface area contributed by atoms with Gasteiger partial charge < -0.3 is 5.11 Å². The Kier molecular flexibility index (Phi) is 2.31. The number of aliphatic hydroxyl groups excluding tert-OH is 1. The van der Waals surface area contributed by atoms with Gasteiger partial charge in [0.05, 0.1) is 12.1 Å². The highest BCUT2D eigenvalue weighted by atomic mass is 16.3. The summed E-state index contributed by atoms with van der Waals surface area (Å²) in [4.78, 5) is 3.92. The highest BCUT2D eigenvalue weighted by molar-refractivity contribution is 4.90. The largest absolute Gasteiger partial charge is 0.390 e. The maximum atomic E-state index is 10.2. The summed E-state index contributed by atoms with van der Waals surface area (Å²) in [5.41, 5.74) is -0.00509. The monoisotopic (exact) mass is 195 g/mol. The Labute approximate surface area is 84.0 Å². The molecule has 1 heterocycles. The minimum absolute atomic E-state index is 0.00509. The Morgan fingerprint density at radius 3 is 2.93 bits per heavy atom. The molecule has 1 saturated carbocycles. The summed E-state index contributed by atoms with van der Waals surface area (Å²) in [6.45, 7) is 4.22. The zero-order valence-corrected chi connectivity index (χ0v) is 8.72. The van der Waals surface area contributed by atoms with Gasteiger partial charge in [-0.15, -0.1) is 0 Å². The maximum absolute atomic E-state index is 10.2. The minimum Gasteiger partial charge on any atom is -0.390 e. The summed E-state index contributed by atoms with van der Waals surface area (Å²) in [6.07, 6.45) is 6.11. The van der Waals surface area contributed by atoms with Crippen molar-refractivity contribution >= 4 is 0 Å². The molecule has 0 amide bonds. The Morgan fingerprint density at radius 2 is 2.29 bits per heavy atom. The lowest BCUT2D eigenvalue weighted by molar-refractivity contribution is -0.0300. The van der Waals surface area contributed by atoms with E-state index in [0.717, 1.165) is 19.3 Å². The smallest absolute Gasteiger partial charge is 0.137 e. The molecule has 2 atom stereocenters. The van der Waals surface area contributed by atoms with E-state index < -0.39 is 0 Å². The van der Waals surface area contributed by atoms with Crippen LogP contribution in [0.3, 0.4) is 0 Å². The van der Waals surface area contributed by atoms with E-state index in [4.69, 9.17) is 0 Å². The Balaban J connectivity index is 2.20. The lowest BCUT2D eigenvalue weighted by Gasteiger charge is -2.40. The average molecular weight is 195 g/mol. The maximum Gasteiger partial charge on any atom is 0.137 e. The first-order valence-corrected chi connectivity index (χ1v) is 5.13. The normalized spacial score (nSPS) is 31.6. The number of aliphatic hydroxyl groups is 1. The minimum atomic E-state index is -0.321. The molecule has 1 aromatic heterocycles. The first-order valence-electron chi connectivity index (χ1n) is 5.13. The van der Waals surface area contributed by atoms with Crippen LogP contribution in [0.5, 0.6) is 0 Å². The molecule has 2 unspecified atom stereocenters. The zero-order valence-electron chi connectivity index (χ0n) is 8.72. The van der Waals surface area contributed by atoms with Gasteiger partial charge in [0.2, 0.25) is 0 Å². The van der Waals surface area contributed by atoms with Crippen LogP contribution in [0, 0.1) is 5.41 Å². The van der Waals surface area contributed by atoms with Crippen LogP contribution < -0.4 is 0 Å². The van der Waals surface area contributed by atoms with Crippen LogP contribution in [0.1, 0.15) is 39.2 Å². The molecule has 2 rings (SSSR count). The van der Waals surface area contributed by atoms with Gasteiger partial charge in [-0.05, 0) is 18.3 Å². The van der Waals surface area contributed by atoms with E-state index in [1.54, 1.807) is 11.0 Å². The second-order valence-corrected chi connectivity index (χ2v) is 4.77. The fourth-order valence-corrected chi connectivity index (χ4v) is 2.26. The summed E-state index contributed by atoms with van der Waals surface area (Å²) in [7, 11) is 0. The molecule has 1 fully saturated rings. The van der Waals surface area contributed by atoms with Crippen LogP contribution in [-0.4, -0.2) is 26.0 Å². The zero-order chi connectivity index (χ0) is 10.2. The van der Waals surface area contributed by atoms with Crippen molar-refractivity contribution < 1.29 is 5.11 Å². The molecule has 4 heteroatoms. The molecule has 0 aliphatic heterocycles. The standard InChI is InChI=1S/C10H17N3O/c1-10(2)5-3-4-8(9(10)14)13-7-11-6-12-13/h6-9,14H,3-5H2,1-2H3. The van der Waals surface area contributed by atoms with Gasteiger partial charge in [-0.1, -0.05) is 20.3 Å². The van der Waals surface area contributed by atoms with Crippen LogP contribution >= 0.6 is 0 Å². The molecular formula is C10H17N3O. The van der Waals surface area contributed by atoms with Gasteiger partial charge in [0.1, 0.15) is 12.7 Å². The van der Waals surface area contributed by atoms with E-state index in [1.807, 2.05) is 0 Å². The lowest BCUT2D eigenvalue weighted by atomic mass is 9.72. The van der Waals surface area contributed by atoms with Crippen LogP contribution in [0.25, 0.3) is 0 Å². The van der Waals surface area contributed by atoms with E-state index in [2.05, 4.69) is 23.9 Å². The second-order valence-electron chi connectivity index (χ2n) is 4.77. The molecule has 1 aliphatic rings. The number of hydrogen-bond acceptors (Lipinski definition) is 3. The molecule has 4 nitrogen and oxygen atoms in total. The van der Waals surface area contributed by atoms with Gasteiger partial charge in [0, 0.05) is 0 Å². The molecule has 1 aromatic rings. The predicted octanol–water partition coefficient (Wildman–Crippen LogP) is 1.39. The molecule has 0 radical (unpaired) electrons. The first-order chi connectivity index (χ1) is 6.61. The molecule has 0 bridgehead atoms. The first kappa shape index (κ1) is 9.65. The molecule has 1 N–H and O–H groups in total. The molecule has 0 aromatic carbocycles. The second kappa shape index (κ2) is 3.35. The van der Waals surface area contributed by atoms with Crippen molar-refractivity contribution in [3.8, 4) is 0 Å². The lowest BCUT2D eigenvalue weighted by Crippen LogP contribution is -2.41. The van der Waals surface area contributed by atoms with Gasteiger partial charge in [-0.3, -0.25) is 0 Å². The van der Waals surface area contributed by atoms with Crippen molar-refractivity contribution in [2.75, 3.05) is 0 Å². The summed E-state index contributed by atoms with van der Waals surface area (Å²) >= 11 is 0. The van der Waals surface area contributed by atoms with Crippen LogP contribution in [-0.2, 0) is 0 Å². The number of hydrogen-bond donors (Lipinski definition) is 1. The van der Waals surface area contributed by atoms with Gasteiger partial charge in [-0.25, -0.2) is 9.67 Å². The molecule has 14 heavy (non-hydrogen) atoms. The topological polar surface area (TPSA) is 50.9 Å². The fraction of sp³-hybridized carbons (Fsp3) is 0.800. The Bertz CT molecular complexity index is 294. The molecular weight excluding hydrogens is 178 g/mol. The summed E-state index contributed by atoms with van der Waals surface area (Å²) < 4.78 is 1.78. The van der Waals surface area contributed by atoms with Crippen LogP contribution in [0.15, 0.2) is 12.7 Å². The third-order valence-electron chi connectivity index (χ3n) is 3.26. The highest BCUT2D eigenvalue weighted by Crippen LogP contribution is 2.40. The van der Waals surface area contributed by atoms with Crippen LogP contribution in [0.2, 0.25) is 0 Å². The SMILES string of the molecule is CC1(C)CCCC(n2cncn2)C1O. The third kappa shape index (κ3) is 1.54. The van der Waals surface area contributed by atoms with Gasteiger partial charge in [0.15, 0.2) is 0 Å². The van der Waals surface area contributed by atoms with E-state index in [0.29, 0.717) is 0 Å². The van der Waals surface area contributed by atoms with Gasteiger partial charge >= 0.3 is 0 Å². The number of nitrogens with zero attached hydrogens (tertiary/aromatic N) is 3. The van der Waals surface area contributed by atoms with Crippen molar-refractivity contribution in [3.63, 3.8) is 0 Å². The third-order valence-corrected chi connectivity index (χ3v) is 3.26. The Morgan fingerprint density at radius 1 is 1.50 bits per heavy atom. The quantitative estimate of drug-likeness (QED) is 0.736. The van der Waals surface area contributed by atoms with Crippen LogP contribution in [0.4, 0.5) is 0 Å². The molecule has 1 aliphatic carbocycles. The van der Waals surface area contributed by atoms with E-state index in [9.17, 15) is 5.11 Å². The number of aromatic nitrogens is 3. The summed E-state index contributed by atoms with van der Waals surface area (Å²) in [6, 6.07) is 0.0984. The Hall–Kier alpha value is -0.900. The molecule has 0 spiro atoms. The van der Waals surface area contributed by atoms with Crippen molar-refractivity contribution in [1.82, 2.24) is 14.8 Å². The van der Waals surface area contributed by atoms with E-state index in [1.165, 1.54) is 6.33 Å². The van der Waals surface area contributed by atoms with Crippen molar-refractivity contribution in [3.05, 3.63) is 12.7 Å². The summed E-state index contributed by atoms with van der Waals surface area (Å²) in [5, 5.41) is 14.3. The average Bonchev–Trinajstić information content (AvgIpc) is 2.62. The molecule has 78 valence electrons. The van der Waals surface area contributed by atoms with E-state index >= 15 is 0 Å².